The lowest BCUT2D eigenvalue weighted by Gasteiger charge is -2.22. The predicted molar refractivity (Wildman–Crippen MR) is 68.2 cm³/mol. The summed E-state index contributed by atoms with van der Waals surface area (Å²) in [5.74, 6) is -1.36. The molecule has 0 aromatic heterocycles. The molecule has 2 N–H and O–H groups in total. The van der Waals surface area contributed by atoms with Crippen molar-refractivity contribution >= 4 is 11.8 Å². The minimum Gasteiger partial charge on any atom is -0.508 e. The smallest absolute Gasteiger partial charge is 0.407 e. The number of rotatable bonds is 1. The topological polar surface area (TPSA) is 104 Å². The van der Waals surface area contributed by atoms with Crippen LogP contribution in [-0.4, -0.2) is 39.2 Å². The van der Waals surface area contributed by atoms with Crippen molar-refractivity contribution in [1.29, 1.82) is 0 Å². The first-order valence-electron chi connectivity index (χ1n) is 6.02. The first-order chi connectivity index (χ1) is 9.41. The molecule has 20 heavy (non-hydrogen) atoms. The summed E-state index contributed by atoms with van der Waals surface area (Å²) in [5, 5.41) is 27.1. The van der Waals surface area contributed by atoms with Gasteiger partial charge in [-0.3, -0.25) is 10.1 Å². The van der Waals surface area contributed by atoms with Gasteiger partial charge >= 0.3 is 11.8 Å². The maximum absolute atomic E-state index is 12.5. The van der Waals surface area contributed by atoms with Gasteiger partial charge in [0.1, 0.15) is 5.75 Å². The molecule has 1 aliphatic heterocycles. The Balaban J connectivity index is 0.000000204. The molecule has 2 rings (SSSR count). The third kappa shape index (κ3) is 4.71. The third-order valence-electron chi connectivity index (χ3n) is 2.75. The zero-order chi connectivity index (χ0) is 15.1. The highest BCUT2D eigenvalue weighted by atomic mass is 19.1. The predicted octanol–water partition coefficient (Wildman–Crippen LogP) is 2.59. The molecule has 7 nitrogen and oxygen atoms in total. The van der Waals surface area contributed by atoms with Crippen molar-refractivity contribution in [2.45, 2.75) is 19.3 Å². The number of carbonyl (C=O) groups is 1. The summed E-state index contributed by atoms with van der Waals surface area (Å²) in [6.07, 6.45) is 2.48. The second kappa shape index (κ2) is 7.27. The highest BCUT2D eigenvalue weighted by Crippen LogP contribution is 2.20. The second-order valence-corrected chi connectivity index (χ2v) is 4.22. The van der Waals surface area contributed by atoms with Gasteiger partial charge in [0.25, 0.3) is 0 Å². The minimum absolute atomic E-state index is 0.326. The van der Waals surface area contributed by atoms with Gasteiger partial charge in [-0.05, 0) is 25.3 Å². The molecule has 0 aliphatic carbocycles. The second-order valence-electron chi connectivity index (χ2n) is 4.22. The van der Waals surface area contributed by atoms with Gasteiger partial charge in [0.2, 0.25) is 5.82 Å². The fraction of sp³-hybridized carbons (Fsp3) is 0.417. The Kier molecular flexibility index (Phi) is 5.70. The lowest BCUT2D eigenvalue weighted by atomic mass is 10.1. The van der Waals surface area contributed by atoms with Gasteiger partial charge in [-0.2, -0.15) is 4.39 Å². The molecule has 1 amide bonds. The molecular weight excluding hydrogens is 271 g/mol. The van der Waals surface area contributed by atoms with Gasteiger partial charge in [0, 0.05) is 25.2 Å². The number of halogens is 1. The Hall–Kier alpha value is -2.38. The third-order valence-corrected chi connectivity index (χ3v) is 2.75. The molecular formula is C12H15FN2O5. The molecule has 0 bridgehead atoms. The first-order valence-corrected chi connectivity index (χ1v) is 6.02. The van der Waals surface area contributed by atoms with Crippen LogP contribution in [-0.2, 0) is 0 Å². The summed E-state index contributed by atoms with van der Waals surface area (Å²) in [7, 11) is 0. The molecule has 1 saturated heterocycles. The molecule has 1 aromatic carbocycles. The fourth-order valence-electron chi connectivity index (χ4n) is 1.73. The Morgan fingerprint density at radius 1 is 1.30 bits per heavy atom. The van der Waals surface area contributed by atoms with Crippen molar-refractivity contribution in [2.24, 2.45) is 0 Å². The van der Waals surface area contributed by atoms with Crippen molar-refractivity contribution in [3.8, 4) is 5.75 Å². The molecule has 8 heteroatoms. The van der Waals surface area contributed by atoms with Crippen molar-refractivity contribution < 1.29 is 24.3 Å². The number of amides is 1. The van der Waals surface area contributed by atoms with Crippen molar-refractivity contribution in [3.05, 3.63) is 34.1 Å². The molecule has 1 aromatic rings. The van der Waals surface area contributed by atoms with E-state index in [2.05, 4.69) is 0 Å². The summed E-state index contributed by atoms with van der Waals surface area (Å²) in [6, 6.07) is 2.66. The van der Waals surface area contributed by atoms with Crippen molar-refractivity contribution in [3.63, 3.8) is 0 Å². The number of nitro groups is 1. The molecule has 0 atom stereocenters. The van der Waals surface area contributed by atoms with Crippen molar-refractivity contribution in [2.75, 3.05) is 13.1 Å². The Labute approximate surface area is 114 Å². The van der Waals surface area contributed by atoms with E-state index < -0.39 is 22.5 Å². The van der Waals surface area contributed by atoms with Crippen LogP contribution in [0, 0.1) is 15.9 Å². The highest BCUT2D eigenvalue weighted by molar-refractivity contribution is 5.64. The number of aromatic hydroxyl groups is 1. The van der Waals surface area contributed by atoms with Crippen LogP contribution < -0.4 is 0 Å². The number of nitrogens with zero attached hydrogens (tertiary/aromatic N) is 2. The van der Waals surface area contributed by atoms with Crippen LogP contribution in [0.4, 0.5) is 14.9 Å². The maximum Gasteiger partial charge on any atom is 0.407 e. The van der Waals surface area contributed by atoms with Crippen LogP contribution in [0.3, 0.4) is 0 Å². The normalized spacial score (nSPS) is 14.2. The molecule has 0 unspecified atom stereocenters. The molecule has 1 heterocycles. The number of benzene rings is 1. The SMILES string of the molecule is O=C(O)N1CCCCC1.O=[N+]([O-])c1ccc(O)cc1F. The standard InChI is InChI=1S/C6H4FNO3.C6H11NO2/c7-5-3-4(9)1-2-6(5)8(10)11;8-6(9)7-4-2-1-3-5-7/h1-3,9H;1-5H2,(H,8,9). The zero-order valence-corrected chi connectivity index (χ0v) is 10.7. The van der Waals surface area contributed by atoms with Gasteiger partial charge < -0.3 is 15.1 Å². The van der Waals surface area contributed by atoms with Crippen LogP contribution in [0.25, 0.3) is 0 Å². The van der Waals surface area contributed by atoms with E-state index in [-0.39, 0.29) is 5.75 Å². The Bertz CT molecular complexity index is 489. The van der Waals surface area contributed by atoms with Crippen LogP contribution in [0.5, 0.6) is 5.75 Å². The minimum atomic E-state index is -1.03. The van der Waals surface area contributed by atoms with E-state index in [0.29, 0.717) is 6.07 Å². The van der Waals surface area contributed by atoms with Crippen molar-refractivity contribution in [1.82, 2.24) is 4.90 Å². The molecule has 0 saturated carbocycles. The zero-order valence-electron chi connectivity index (χ0n) is 10.7. The summed E-state index contributed by atoms with van der Waals surface area (Å²) in [6.45, 7) is 1.46. The molecule has 0 spiro atoms. The largest absolute Gasteiger partial charge is 0.508 e. The molecule has 1 aliphatic rings. The van der Waals surface area contributed by atoms with E-state index in [1.807, 2.05) is 0 Å². The summed E-state index contributed by atoms with van der Waals surface area (Å²) < 4.78 is 12.5. The van der Waals surface area contributed by atoms with Crippen LogP contribution in [0.15, 0.2) is 18.2 Å². The summed E-state index contributed by atoms with van der Waals surface area (Å²) in [5.41, 5.74) is -0.636. The van der Waals surface area contributed by atoms with Crippen LogP contribution in [0.1, 0.15) is 19.3 Å². The summed E-state index contributed by atoms with van der Waals surface area (Å²) >= 11 is 0. The number of phenols is 1. The van der Waals surface area contributed by atoms with Crippen LogP contribution in [0.2, 0.25) is 0 Å². The quantitative estimate of drug-likeness (QED) is 0.610. The van der Waals surface area contributed by atoms with E-state index >= 15 is 0 Å². The van der Waals surface area contributed by atoms with Gasteiger partial charge in [-0.15, -0.1) is 0 Å². The monoisotopic (exact) mass is 286 g/mol. The van der Waals surface area contributed by atoms with Gasteiger partial charge in [0.05, 0.1) is 4.92 Å². The molecule has 0 radical (unpaired) electrons. The number of hydrogen-bond acceptors (Lipinski definition) is 4. The number of piperidine rings is 1. The number of carboxylic acid groups (broad SMARTS) is 1. The first kappa shape index (κ1) is 15.7. The number of phenolic OH excluding ortho intramolecular Hbond substituents is 1. The van der Waals surface area contributed by atoms with Gasteiger partial charge in [-0.1, -0.05) is 0 Å². The van der Waals surface area contributed by atoms with E-state index in [9.17, 15) is 19.3 Å². The van der Waals surface area contributed by atoms with Gasteiger partial charge in [-0.25, -0.2) is 4.79 Å². The average molecular weight is 286 g/mol. The lowest BCUT2D eigenvalue weighted by Crippen LogP contribution is -2.34. The maximum atomic E-state index is 12.5. The lowest BCUT2D eigenvalue weighted by molar-refractivity contribution is -0.387. The Morgan fingerprint density at radius 3 is 2.30 bits per heavy atom. The van der Waals surface area contributed by atoms with E-state index in [1.54, 1.807) is 0 Å². The Morgan fingerprint density at radius 2 is 1.90 bits per heavy atom. The number of hydrogen-bond donors (Lipinski definition) is 2. The fourth-order valence-corrected chi connectivity index (χ4v) is 1.73. The van der Waals surface area contributed by atoms with Gasteiger partial charge in [0.15, 0.2) is 0 Å². The van der Waals surface area contributed by atoms with E-state index in [0.717, 1.165) is 38.1 Å². The number of likely N-dealkylation sites (tertiary alicyclic amines) is 1. The van der Waals surface area contributed by atoms with E-state index in [1.165, 1.54) is 11.3 Å². The summed E-state index contributed by atoms with van der Waals surface area (Å²) in [4.78, 5) is 20.9. The molecule has 110 valence electrons. The molecule has 1 fully saturated rings. The van der Waals surface area contributed by atoms with Crippen LogP contribution >= 0.6 is 0 Å². The highest BCUT2D eigenvalue weighted by Gasteiger charge is 2.14. The van der Waals surface area contributed by atoms with E-state index in [4.69, 9.17) is 10.2 Å². The average Bonchev–Trinajstić information content (AvgIpc) is 2.40. The number of nitro benzene ring substituents is 1.